The number of aromatic nitrogens is 1. The van der Waals surface area contributed by atoms with Crippen LogP contribution in [-0.4, -0.2) is 57.7 Å². The van der Waals surface area contributed by atoms with Crippen LogP contribution in [-0.2, 0) is 32.2 Å². The third-order valence-electron chi connectivity index (χ3n) is 8.21. The molecule has 1 aromatic heterocycles. The summed E-state index contributed by atoms with van der Waals surface area (Å²) in [7, 11) is 0. The van der Waals surface area contributed by atoms with Crippen molar-refractivity contribution in [2.75, 3.05) is 13.1 Å². The fraction of sp³-hybridized carbons (Fsp3) is 0.457. The molecular formula is C35H43N3O6. The van der Waals surface area contributed by atoms with E-state index in [2.05, 4.69) is 22.1 Å². The van der Waals surface area contributed by atoms with Crippen molar-refractivity contribution in [2.24, 2.45) is 5.92 Å². The van der Waals surface area contributed by atoms with Gasteiger partial charge in [-0.05, 0) is 69.0 Å². The number of ether oxygens (including phenoxy) is 3. The van der Waals surface area contributed by atoms with Crippen molar-refractivity contribution in [3.05, 3.63) is 101 Å². The predicted molar refractivity (Wildman–Crippen MR) is 165 cm³/mol. The highest BCUT2D eigenvalue weighted by molar-refractivity contribution is 5.93. The lowest BCUT2D eigenvalue weighted by Crippen LogP contribution is -2.48. The molecule has 2 aliphatic heterocycles. The highest BCUT2D eigenvalue weighted by atomic mass is 16.7. The molecule has 9 heteroatoms. The van der Waals surface area contributed by atoms with Crippen LogP contribution in [0.3, 0.4) is 0 Å². The molecule has 2 aromatic carbocycles. The summed E-state index contributed by atoms with van der Waals surface area (Å²) in [5, 5.41) is 12.5. The standard InChI is InChI=1S/C35H43N3O6/c1-23-30(21-38-18-6-8-29(38)33(41)44-35(2,3)4)42-34(43-31(23)26-13-11-25(22-39)12-14-26)27-15-9-24(10-16-27)19-37-32(40)28-7-5-17-36-20-28/h5,7,9-17,20,23,29-31,34,39H,6,8,18-19,21-22H2,1-4H3,(H,37,40)/t23-,29-,30+,31+,34+/m0/s1. The van der Waals surface area contributed by atoms with Gasteiger partial charge in [0.25, 0.3) is 5.91 Å². The van der Waals surface area contributed by atoms with E-state index in [1.165, 1.54) is 0 Å². The molecule has 9 nitrogen and oxygen atoms in total. The summed E-state index contributed by atoms with van der Waals surface area (Å²) in [5.41, 5.74) is 3.63. The van der Waals surface area contributed by atoms with Crippen molar-refractivity contribution in [1.29, 1.82) is 0 Å². The molecule has 1 amide bonds. The van der Waals surface area contributed by atoms with Gasteiger partial charge in [-0.25, -0.2) is 0 Å². The highest BCUT2D eigenvalue weighted by Gasteiger charge is 2.42. The zero-order chi connectivity index (χ0) is 31.3. The van der Waals surface area contributed by atoms with Crippen LogP contribution in [0, 0.1) is 5.92 Å². The Labute approximate surface area is 259 Å². The minimum absolute atomic E-state index is 0.00641. The Hall–Kier alpha value is -3.63. The molecule has 3 heterocycles. The maximum atomic E-state index is 13.1. The van der Waals surface area contributed by atoms with E-state index in [0.717, 1.165) is 41.6 Å². The van der Waals surface area contributed by atoms with Crippen LogP contribution in [0.5, 0.6) is 0 Å². The monoisotopic (exact) mass is 601 g/mol. The van der Waals surface area contributed by atoms with Crippen LogP contribution >= 0.6 is 0 Å². The van der Waals surface area contributed by atoms with E-state index in [-0.39, 0.29) is 42.7 Å². The number of rotatable bonds is 9. The van der Waals surface area contributed by atoms with Crippen LogP contribution in [0.1, 0.15) is 85.5 Å². The number of hydrogen-bond acceptors (Lipinski definition) is 8. The largest absolute Gasteiger partial charge is 0.459 e. The minimum Gasteiger partial charge on any atom is -0.459 e. The molecular weight excluding hydrogens is 558 g/mol. The molecule has 2 fully saturated rings. The molecule has 0 saturated carbocycles. The summed E-state index contributed by atoms with van der Waals surface area (Å²) >= 11 is 0. The molecule has 2 N–H and O–H groups in total. The summed E-state index contributed by atoms with van der Waals surface area (Å²) in [5.74, 6) is -0.374. The molecule has 44 heavy (non-hydrogen) atoms. The van der Waals surface area contributed by atoms with Gasteiger partial charge in [0.05, 0.1) is 24.4 Å². The quantitative estimate of drug-likeness (QED) is 0.326. The van der Waals surface area contributed by atoms with Gasteiger partial charge >= 0.3 is 5.97 Å². The lowest BCUT2D eigenvalue weighted by molar-refractivity contribution is -0.276. The first kappa shape index (κ1) is 31.8. The number of carbonyl (C=O) groups is 2. The molecule has 0 radical (unpaired) electrons. The number of nitrogens with zero attached hydrogens (tertiary/aromatic N) is 2. The fourth-order valence-corrected chi connectivity index (χ4v) is 5.81. The molecule has 0 aliphatic carbocycles. The van der Waals surface area contributed by atoms with Gasteiger partial charge in [-0.15, -0.1) is 0 Å². The topological polar surface area (TPSA) is 110 Å². The van der Waals surface area contributed by atoms with Gasteiger partial charge in [0, 0.05) is 37.0 Å². The van der Waals surface area contributed by atoms with Crippen molar-refractivity contribution in [2.45, 2.75) is 83.8 Å². The number of nitrogens with one attached hydrogen (secondary N) is 1. The lowest BCUT2D eigenvalue weighted by Gasteiger charge is -2.43. The normalized spacial score (nSPS) is 24.2. The fourth-order valence-electron chi connectivity index (χ4n) is 5.81. The van der Waals surface area contributed by atoms with Gasteiger partial charge in [-0.2, -0.15) is 0 Å². The zero-order valence-electron chi connectivity index (χ0n) is 25.9. The second kappa shape index (κ2) is 14.0. The van der Waals surface area contributed by atoms with Crippen molar-refractivity contribution in [3.8, 4) is 0 Å². The minimum atomic E-state index is -0.625. The predicted octanol–water partition coefficient (Wildman–Crippen LogP) is 5.10. The van der Waals surface area contributed by atoms with E-state index >= 15 is 0 Å². The maximum Gasteiger partial charge on any atom is 0.323 e. The molecule has 2 aliphatic rings. The molecule has 0 bridgehead atoms. The van der Waals surface area contributed by atoms with E-state index in [0.29, 0.717) is 18.7 Å². The van der Waals surface area contributed by atoms with E-state index in [1.807, 2.05) is 69.3 Å². The molecule has 3 aromatic rings. The van der Waals surface area contributed by atoms with E-state index in [1.54, 1.807) is 24.5 Å². The number of carbonyl (C=O) groups excluding carboxylic acids is 2. The first-order chi connectivity index (χ1) is 21.1. The van der Waals surface area contributed by atoms with Crippen molar-refractivity contribution >= 4 is 11.9 Å². The third-order valence-corrected chi connectivity index (χ3v) is 8.21. The summed E-state index contributed by atoms with van der Waals surface area (Å²) in [6, 6.07) is 18.9. The van der Waals surface area contributed by atoms with Crippen LogP contribution < -0.4 is 5.32 Å². The summed E-state index contributed by atoms with van der Waals surface area (Å²) < 4.78 is 19.0. The zero-order valence-corrected chi connectivity index (χ0v) is 25.9. The Morgan fingerprint density at radius 1 is 1.02 bits per heavy atom. The number of hydrogen-bond donors (Lipinski definition) is 2. The average Bonchev–Trinajstić information content (AvgIpc) is 3.49. The SMILES string of the molecule is C[C@H]1[C@@H](CN2CCC[C@H]2C(=O)OC(C)(C)C)O[C@@H](c2ccc(CNC(=O)c3cccnc3)cc2)O[C@H]1c1ccc(CO)cc1. The lowest BCUT2D eigenvalue weighted by atomic mass is 9.90. The first-order valence-corrected chi connectivity index (χ1v) is 15.4. The molecule has 5 rings (SSSR count). The number of benzene rings is 2. The van der Waals surface area contributed by atoms with E-state index < -0.39 is 11.9 Å². The number of amides is 1. The molecule has 2 saturated heterocycles. The average molecular weight is 602 g/mol. The van der Waals surface area contributed by atoms with Gasteiger partial charge in [-0.3, -0.25) is 19.5 Å². The Balaban J connectivity index is 1.32. The maximum absolute atomic E-state index is 13.1. The number of likely N-dealkylation sites (tertiary alicyclic amines) is 1. The van der Waals surface area contributed by atoms with E-state index in [9.17, 15) is 14.7 Å². The van der Waals surface area contributed by atoms with Crippen molar-refractivity contribution in [3.63, 3.8) is 0 Å². The van der Waals surface area contributed by atoms with Crippen LogP contribution in [0.15, 0.2) is 73.1 Å². The van der Waals surface area contributed by atoms with Gasteiger partial charge < -0.3 is 24.6 Å². The number of aliphatic hydroxyl groups excluding tert-OH is 1. The molecule has 0 spiro atoms. The van der Waals surface area contributed by atoms with Crippen LogP contribution in [0.25, 0.3) is 0 Å². The Morgan fingerprint density at radius 2 is 1.73 bits per heavy atom. The first-order valence-electron chi connectivity index (χ1n) is 15.4. The molecule has 0 unspecified atom stereocenters. The van der Waals surface area contributed by atoms with Crippen molar-refractivity contribution in [1.82, 2.24) is 15.2 Å². The second-order valence-corrected chi connectivity index (χ2v) is 12.7. The Kier molecular flexibility index (Phi) is 10.1. The number of aliphatic hydroxyl groups is 1. The van der Waals surface area contributed by atoms with Crippen LogP contribution in [0.2, 0.25) is 0 Å². The number of pyridine rings is 1. The van der Waals surface area contributed by atoms with E-state index in [4.69, 9.17) is 14.2 Å². The second-order valence-electron chi connectivity index (χ2n) is 12.7. The smallest absolute Gasteiger partial charge is 0.323 e. The summed E-state index contributed by atoms with van der Waals surface area (Å²) in [4.78, 5) is 31.7. The molecule has 234 valence electrons. The highest BCUT2D eigenvalue weighted by Crippen LogP contribution is 2.42. The van der Waals surface area contributed by atoms with Crippen molar-refractivity contribution < 1.29 is 28.9 Å². The number of esters is 1. The Bertz CT molecular complexity index is 1390. The Morgan fingerprint density at radius 3 is 2.39 bits per heavy atom. The summed E-state index contributed by atoms with van der Waals surface area (Å²) in [6.07, 6.45) is 3.77. The van der Waals surface area contributed by atoms with Crippen LogP contribution in [0.4, 0.5) is 0 Å². The van der Waals surface area contributed by atoms with Gasteiger partial charge in [0.2, 0.25) is 0 Å². The summed E-state index contributed by atoms with van der Waals surface area (Å²) in [6.45, 7) is 9.54. The molecule has 5 atom stereocenters. The van der Waals surface area contributed by atoms with Gasteiger partial charge in [0.1, 0.15) is 11.6 Å². The third kappa shape index (κ3) is 7.90. The van der Waals surface area contributed by atoms with Gasteiger partial charge in [0.15, 0.2) is 6.29 Å². The van der Waals surface area contributed by atoms with Gasteiger partial charge in [-0.1, -0.05) is 55.5 Å².